The number of benzene rings is 2. The number of aromatic amines is 1. The van der Waals surface area contributed by atoms with Gasteiger partial charge in [-0.15, -0.1) is 0 Å². The van der Waals surface area contributed by atoms with Crippen LogP contribution in [0.3, 0.4) is 0 Å². The van der Waals surface area contributed by atoms with Crippen LogP contribution in [0.1, 0.15) is 0 Å². The Labute approximate surface area is 120 Å². The summed E-state index contributed by atoms with van der Waals surface area (Å²) in [6.07, 6.45) is 1.38. The van der Waals surface area contributed by atoms with E-state index in [9.17, 15) is 12.8 Å². The van der Waals surface area contributed by atoms with E-state index in [0.29, 0.717) is 16.6 Å². The van der Waals surface area contributed by atoms with Crippen molar-refractivity contribution in [3.63, 3.8) is 0 Å². The van der Waals surface area contributed by atoms with Crippen molar-refractivity contribution in [1.82, 2.24) is 4.98 Å². The molecule has 0 amide bonds. The Morgan fingerprint density at radius 2 is 1.95 bits per heavy atom. The first-order valence-electron chi connectivity index (χ1n) is 6.11. The third kappa shape index (κ3) is 2.55. The first-order valence-corrected chi connectivity index (χ1v) is 7.59. The summed E-state index contributed by atoms with van der Waals surface area (Å²) in [6.45, 7) is 0. The number of anilines is 2. The van der Waals surface area contributed by atoms with Crippen molar-refractivity contribution in [3.05, 3.63) is 54.5 Å². The van der Waals surface area contributed by atoms with E-state index in [-0.39, 0.29) is 10.6 Å². The van der Waals surface area contributed by atoms with E-state index in [1.165, 1.54) is 24.4 Å². The number of hydrogen-bond donors (Lipinski definition) is 3. The predicted octanol–water partition coefficient (Wildman–Crippen LogP) is 2.69. The summed E-state index contributed by atoms with van der Waals surface area (Å²) in [6, 6.07) is 10.2. The number of hydrogen-bond acceptors (Lipinski definition) is 3. The Balaban J connectivity index is 2.06. The molecular formula is C14H12FN3O2S. The zero-order chi connectivity index (χ0) is 15.0. The van der Waals surface area contributed by atoms with Crippen LogP contribution in [0, 0.1) is 5.82 Å². The van der Waals surface area contributed by atoms with E-state index in [0.717, 1.165) is 6.07 Å². The molecule has 0 spiro atoms. The van der Waals surface area contributed by atoms with Crippen molar-refractivity contribution in [3.8, 4) is 0 Å². The van der Waals surface area contributed by atoms with Gasteiger partial charge in [0, 0.05) is 22.8 Å². The monoisotopic (exact) mass is 305 g/mol. The van der Waals surface area contributed by atoms with Gasteiger partial charge in [-0.3, -0.25) is 4.72 Å². The fourth-order valence-corrected chi connectivity index (χ4v) is 3.32. The maximum atomic E-state index is 13.1. The zero-order valence-electron chi connectivity index (χ0n) is 10.8. The largest absolute Gasteiger partial charge is 0.399 e. The second-order valence-electron chi connectivity index (χ2n) is 4.57. The van der Waals surface area contributed by atoms with E-state index < -0.39 is 15.8 Å². The molecule has 0 aliphatic rings. The molecule has 1 heterocycles. The quantitative estimate of drug-likeness (QED) is 0.650. The molecule has 0 aliphatic heterocycles. The molecular weight excluding hydrogens is 293 g/mol. The zero-order valence-corrected chi connectivity index (χ0v) is 11.6. The summed E-state index contributed by atoms with van der Waals surface area (Å²) in [7, 11) is -3.83. The minimum Gasteiger partial charge on any atom is -0.399 e. The second kappa shape index (κ2) is 4.78. The number of sulfonamides is 1. The lowest BCUT2D eigenvalue weighted by Gasteiger charge is -2.07. The lowest BCUT2D eigenvalue weighted by atomic mass is 10.2. The van der Waals surface area contributed by atoms with Crippen LogP contribution in [0.15, 0.2) is 53.6 Å². The summed E-state index contributed by atoms with van der Waals surface area (Å²) in [4.78, 5) is 2.93. The molecule has 0 bridgehead atoms. The number of fused-ring (bicyclic) bond motifs is 1. The number of H-pyrrole nitrogens is 1. The number of halogens is 1. The Bertz CT molecular complexity index is 919. The minimum atomic E-state index is -3.83. The normalized spacial score (nSPS) is 11.7. The first kappa shape index (κ1) is 13.4. The molecule has 3 rings (SSSR count). The Morgan fingerprint density at radius 1 is 1.14 bits per heavy atom. The molecule has 0 fully saturated rings. The fraction of sp³-hybridized carbons (Fsp3) is 0. The first-order chi connectivity index (χ1) is 9.95. The van der Waals surface area contributed by atoms with Gasteiger partial charge in [-0.05, 0) is 36.4 Å². The van der Waals surface area contributed by atoms with Gasteiger partial charge in [-0.2, -0.15) is 0 Å². The third-order valence-corrected chi connectivity index (χ3v) is 4.46. The Kier molecular flexibility index (Phi) is 3.06. The molecule has 0 saturated heterocycles. The molecule has 0 atom stereocenters. The molecule has 108 valence electrons. The van der Waals surface area contributed by atoms with Crippen molar-refractivity contribution in [2.75, 3.05) is 10.5 Å². The highest BCUT2D eigenvalue weighted by atomic mass is 32.2. The van der Waals surface area contributed by atoms with Gasteiger partial charge in [-0.25, -0.2) is 12.8 Å². The van der Waals surface area contributed by atoms with E-state index in [2.05, 4.69) is 9.71 Å². The molecule has 0 saturated carbocycles. The van der Waals surface area contributed by atoms with Crippen LogP contribution in [-0.2, 0) is 10.0 Å². The molecule has 0 unspecified atom stereocenters. The number of nitrogen functional groups attached to an aromatic ring is 1. The molecule has 4 N–H and O–H groups in total. The molecule has 5 nitrogen and oxygen atoms in total. The summed E-state index contributed by atoms with van der Waals surface area (Å²) < 4.78 is 40.3. The van der Waals surface area contributed by atoms with Crippen molar-refractivity contribution in [2.45, 2.75) is 4.90 Å². The standard InChI is InChI=1S/C14H12FN3O2S/c15-9-2-1-3-11(6-9)18-21(19,20)14-8-17-13-5-4-10(16)7-12(13)14/h1-8,17-18H,16H2. The van der Waals surface area contributed by atoms with Gasteiger partial charge >= 0.3 is 0 Å². The summed E-state index contributed by atoms with van der Waals surface area (Å²) in [5.41, 5.74) is 6.97. The SMILES string of the molecule is Nc1ccc2[nH]cc(S(=O)(=O)Nc3cccc(F)c3)c2c1. The van der Waals surface area contributed by atoms with E-state index >= 15 is 0 Å². The van der Waals surface area contributed by atoms with Crippen LogP contribution in [0.2, 0.25) is 0 Å². The highest BCUT2D eigenvalue weighted by molar-refractivity contribution is 7.93. The molecule has 0 radical (unpaired) electrons. The summed E-state index contributed by atoms with van der Waals surface area (Å²) >= 11 is 0. The van der Waals surface area contributed by atoms with E-state index in [1.807, 2.05) is 0 Å². The van der Waals surface area contributed by atoms with Gasteiger partial charge in [0.25, 0.3) is 10.0 Å². The van der Waals surface area contributed by atoms with Crippen LogP contribution in [0.4, 0.5) is 15.8 Å². The molecule has 7 heteroatoms. The van der Waals surface area contributed by atoms with Crippen LogP contribution in [-0.4, -0.2) is 13.4 Å². The molecule has 0 aliphatic carbocycles. The van der Waals surface area contributed by atoms with Gasteiger partial charge in [-0.1, -0.05) is 6.07 Å². The minimum absolute atomic E-state index is 0.0639. The van der Waals surface area contributed by atoms with Crippen molar-refractivity contribution in [2.24, 2.45) is 0 Å². The average molecular weight is 305 g/mol. The number of nitrogens with two attached hydrogens (primary N) is 1. The maximum Gasteiger partial charge on any atom is 0.264 e. The lowest BCUT2D eigenvalue weighted by Crippen LogP contribution is -2.12. The summed E-state index contributed by atoms with van der Waals surface area (Å²) in [5, 5.41) is 0.485. The smallest absolute Gasteiger partial charge is 0.264 e. The van der Waals surface area contributed by atoms with Gasteiger partial charge in [0.15, 0.2) is 0 Å². The Hall–Kier alpha value is -2.54. The van der Waals surface area contributed by atoms with Gasteiger partial charge in [0.2, 0.25) is 0 Å². The van der Waals surface area contributed by atoms with Gasteiger partial charge < -0.3 is 10.7 Å². The van der Waals surface area contributed by atoms with Crippen LogP contribution >= 0.6 is 0 Å². The summed E-state index contributed by atoms with van der Waals surface area (Å²) in [5.74, 6) is -0.515. The van der Waals surface area contributed by atoms with E-state index in [4.69, 9.17) is 5.73 Å². The Morgan fingerprint density at radius 3 is 2.71 bits per heavy atom. The molecule has 3 aromatic rings. The number of rotatable bonds is 3. The van der Waals surface area contributed by atoms with Gasteiger partial charge in [0.1, 0.15) is 10.7 Å². The number of aromatic nitrogens is 1. The second-order valence-corrected chi connectivity index (χ2v) is 6.22. The maximum absolute atomic E-state index is 13.1. The van der Waals surface area contributed by atoms with Crippen LogP contribution < -0.4 is 10.5 Å². The average Bonchev–Trinajstić information content (AvgIpc) is 2.81. The lowest BCUT2D eigenvalue weighted by molar-refractivity contribution is 0.602. The topological polar surface area (TPSA) is 88.0 Å². The highest BCUT2D eigenvalue weighted by Crippen LogP contribution is 2.26. The van der Waals surface area contributed by atoms with Crippen molar-refractivity contribution >= 4 is 32.3 Å². The molecule has 2 aromatic carbocycles. The highest BCUT2D eigenvalue weighted by Gasteiger charge is 2.19. The van der Waals surface area contributed by atoms with Crippen molar-refractivity contribution in [1.29, 1.82) is 0 Å². The predicted molar refractivity (Wildman–Crippen MR) is 79.9 cm³/mol. The van der Waals surface area contributed by atoms with Crippen LogP contribution in [0.25, 0.3) is 10.9 Å². The molecule has 21 heavy (non-hydrogen) atoms. The number of nitrogens with one attached hydrogen (secondary N) is 2. The van der Waals surface area contributed by atoms with Crippen molar-refractivity contribution < 1.29 is 12.8 Å². The van der Waals surface area contributed by atoms with Crippen LogP contribution in [0.5, 0.6) is 0 Å². The third-order valence-electron chi connectivity index (χ3n) is 3.03. The van der Waals surface area contributed by atoms with E-state index in [1.54, 1.807) is 18.2 Å². The fourth-order valence-electron chi connectivity index (χ4n) is 2.10. The molecule has 1 aromatic heterocycles. The van der Waals surface area contributed by atoms with Gasteiger partial charge in [0.05, 0.1) is 5.69 Å².